The van der Waals surface area contributed by atoms with E-state index in [-0.39, 0.29) is 11.0 Å². The fraction of sp³-hybridized carbons (Fsp3) is 1.00. The van der Waals surface area contributed by atoms with Crippen LogP contribution < -0.4 is 0 Å². The third-order valence-corrected chi connectivity index (χ3v) is 0.500. The van der Waals surface area contributed by atoms with Crippen LogP contribution in [-0.2, 0) is 0 Å². The molecule has 0 aromatic rings. The second kappa shape index (κ2) is 44.5. The zero-order valence-corrected chi connectivity index (χ0v) is 7.12. The lowest BCUT2D eigenvalue weighted by molar-refractivity contribution is 0.823. The van der Waals surface area contributed by atoms with E-state index >= 15 is 0 Å². The minimum atomic E-state index is 0. The van der Waals surface area contributed by atoms with Crippen molar-refractivity contribution in [3.8, 4) is 0 Å². The van der Waals surface area contributed by atoms with E-state index in [1.54, 1.807) is 0 Å². The molecule has 2 nitrogen and oxygen atoms in total. The van der Waals surface area contributed by atoms with Crippen LogP contribution in [0.3, 0.4) is 0 Å². The van der Waals surface area contributed by atoms with Gasteiger partial charge in [0.15, 0.2) is 0 Å². The number of hydrogen-bond acceptors (Lipinski definition) is 0. The second-order valence-electron chi connectivity index (χ2n) is 1.71. The Kier molecular flexibility index (Phi) is 114. The maximum atomic E-state index is 2.18. The van der Waals surface area contributed by atoms with Gasteiger partial charge in [0.2, 0.25) is 0 Å². The van der Waals surface area contributed by atoms with Crippen LogP contribution in [0.25, 0.3) is 0 Å². The molecule has 0 unspecified atom stereocenters. The van der Waals surface area contributed by atoms with Gasteiger partial charge < -0.3 is 11.0 Å². The van der Waals surface area contributed by atoms with E-state index < -0.39 is 0 Å². The van der Waals surface area contributed by atoms with E-state index in [9.17, 15) is 0 Å². The molecule has 0 aromatic carbocycles. The van der Waals surface area contributed by atoms with Crippen LogP contribution in [0.5, 0.6) is 0 Å². The molecule has 0 aromatic heterocycles. The van der Waals surface area contributed by atoms with Crippen molar-refractivity contribution in [2.24, 2.45) is 0 Å². The Morgan fingerprint density at radius 3 is 0.778 bits per heavy atom. The lowest BCUT2D eigenvalue weighted by Gasteiger charge is -1.68. The summed E-state index contributed by atoms with van der Waals surface area (Å²) < 4.78 is 0. The Morgan fingerprint density at radius 2 is 0.778 bits per heavy atom. The summed E-state index contributed by atoms with van der Waals surface area (Å²) in [7, 11) is 0. The van der Waals surface area contributed by atoms with Crippen molar-refractivity contribution in [2.45, 2.75) is 47.0 Å². The third-order valence-electron chi connectivity index (χ3n) is 0.500. The van der Waals surface area contributed by atoms with Crippen LogP contribution in [-0.4, -0.2) is 11.0 Å². The molecule has 0 saturated carbocycles. The molecule has 0 atom stereocenters. The third kappa shape index (κ3) is 328. The summed E-state index contributed by atoms with van der Waals surface area (Å²) in [5.41, 5.74) is 0. The smallest absolute Gasteiger partial charge is 0.0564 e. The largest absolute Gasteiger partial charge is 0.412 e. The molecule has 0 spiro atoms. The highest BCUT2D eigenvalue weighted by molar-refractivity contribution is 4.12. The first-order chi connectivity index (χ1) is 3.33. The zero-order valence-electron chi connectivity index (χ0n) is 7.12. The summed E-state index contributed by atoms with van der Waals surface area (Å²) in [4.78, 5) is 0. The summed E-state index contributed by atoms with van der Waals surface area (Å²) in [5.74, 6) is 0. The molecule has 0 bridgehead atoms. The summed E-state index contributed by atoms with van der Waals surface area (Å²) in [6, 6.07) is 0. The van der Waals surface area contributed by atoms with Crippen molar-refractivity contribution in [2.75, 3.05) is 0 Å². The monoisotopic (exact) mass is 138 g/mol. The molecule has 0 radical (unpaired) electrons. The second-order valence-corrected chi connectivity index (χ2v) is 1.71. The van der Waals surface area contributed by atoms with Gasteiger partial charge in [-0.1, -0.05) is 47.0 Å². The van der Waals surface area contributed by atoms with Crippen molar-refractivity contribution in [3.63, 3.8) is 0 Å². The van der Waals surface area contributed by atoms with Crippen LogP contribution in [0.1, 0.15) is 47.0 Å². The first kappa shape index (κ1) is 23.1. The van der Waals surface area contributed by atoms with Crippen LogP contribution in [0.4, 0.5) is 0 Å². The van der Waals surface area contributed by atoms with Crippen LogP contribution in [0.2, 0.25) is 0 Å². The van der Waals surface area contributed by atoms with Crippen LogP contribution in [0, 0.1) is 0 Å². The van der Waals surface area contributed by atoms with Gasteiger partial charge in [0.1, 0.15) is 0 Å². The van der Waals surface area contributed by atoms with E-state index in [4.69, 9.17) is 0 Å². The summed E-state index contributed by atoms with van der Waals surface area (Å²) in [6.45, 7) is 8.61. The lowest BCUT2D eigenvalue weighted by atomic mass is 10.4. The van der Waals surface area contributed by atoms with Crippen LogP contribution >= 0.6 is 0 Å². The minimum Gasteiger partial charge on any atom is -0.412 e. The number of hydrogen-bond donors (Lipinski definition) is 0. The lowest BCUT2D eigenvalue weighted by Crippen LogP contribution is -1.47. The molecule has 0 aliphatic carbocycles. The van der Waals surface area contributed by atoms with Gasteiger partial charge >= 0.3 is 0 Å². The van der Waals surface area contributed by atoms with Gasteiger partial charge in [0.05, 0.1) is 0 Å². The molecule has 0 saturated heterocycles. The number of unbranched alkanes of at least 4 members (excludes halogenated alkanes) is 1. The van der Waals surface area contributed by atoms with Gasteiger partial charge in [0, 0.05) is 0 Å². The molecule has 4 N–H and O–H groups in total. The first-order valence-corrected chi connectivity index (χ1v) is 3.33. The highest BCUT2D eigenvalue weighted by Gasteiger charge is 1.56. The molecule has 9 heavy (non-hydrogen) atoms. The molecule has 0 fully saturated rings. The Labute approximate surface area is 58.9 Å². The molecule has 0 rings (SSSR count). The van der Waals surface area contributed by atoms with Gasteiger partial charge in [-0.2, -0.15) is 0 Å². The minimum absolute atomic E-state index is 0. The van der Waals surface area contributed by atoms with Crippen molar-refractivity contribution in [3.05, 3.63) is 0 Å². The molecule has 0 aliphatic rings. The molecule has 0 amide bonds. The van der Waals surface area contributed by atoms with Gasteiger partial charge in [-0.15, -0.1) is 0 Å². The molecular weight excluding hydrogens is 116 g/mol. The molecular formula is C7H22O2. The molecule has 0 aliphatic heterocycles. The zero-order chi connectivity index (χ0) is 6.12. The Balaban J connectivity index is -0.0000000233. The van der Waals surface area contributed by atoms with E-state index in [1.807, 2.05) is 0 Å². The first-order valence-electron chi connectivity index (χ1n) is 3.33. The average molecular weight is 138 g/mol. The maximum absolute atomic E-state index is 2.18. The van der Waals surface area contributed by atoms with E-state index in [0.29, 0.717) is 0 Å². The van der Waals surface area contributed by atoms with E-state index in [0.717, 1.165) is 0 Å². The predicted octanol–water partition coefficient (Wildman–Crippen LogP) is 1.57. The van der Waals surface area contributed by atoms with Crippen molar-refractivity contribution < 1.29 is 11.0 Å². The summed E-state index contributed by atoms with van der Waals surface area (Å²) in [6.07, 6.45) is 3.89. The highest BCUT2D eigenvalue weighted by Crippen LogP contribution is 1.76. The quantitative estimate of drug-likeness (QED) is 0.528. The summed E-state index contributed by atoms with van der Waals surface area (Å²) in [5, 5.41) is 0. The van der Waals surface area contributed by atoms with Crippen LogP contribution in [0.15, 0.2) is 0 Å². The molecule has 0 heterocycles. The Bertz CT molecular complexity index is 14.4. The van der Waals surface area contributed by atoms with E-state index in [2.05, 4.69) is 27.7 Å². The van der Waals surface area contributed by atoms with Crippen molar-refractivity contribution in [1.29, 1.82) is 0 Å². The van der Waals surface area contributed by atoms with Gasteiger partial charge in [0.25, 0.3) is 0 Å². The average Bonchev–Trinajstić information content (AvgIpc) is 1.69. The SMILES string of the molecule is CCC.CCCC.O.O. The standard InChI is InChI=1S/C4H10.C3H8.2H2O/c1-3-4-2;1-3-2;;/h3-4H2,1-2H3;3H2,1-2H3;2*1H2. The molecule has 2 heteroatoms. The predicted molar refractivity (Wildman–Crippen MR) is 43.8 cm³/mol. The van der Waals surface area contributed by atoms with Crippen molar-refractivity contribution >= 4 is 0 Å². The van der Waals surface area contributed by atoms with Crippen molar-refractivity contribution in [1.82, 2.24) is 0 Å². The van der Waals surface area contributed by atoms with Gasteiger partial charge in [-0.05, 0) is 0 Å². The topological polar surface area (TPSA) is 63.0 Å². The van der Waals surface area contributed by atoms with E-state index in [1.165, 1.54) is 19.3 Å². The summed E-state index contributed by atoms with van der Waals surface area (Å²) >= 11 is 0. The fourth-order valence-electron chi connectivity index (χ4n) is 0. The maximum Gasteiger partial charge on any atom is -0.0564 e. The van der Waals surface area contributed by atoms with Gasteiger partial charge in [-0.3, -0.25) is 0 Å². The fourth-order valence-corrected chi connectivity index (χ4v) is 0. The normalized spacial score (nSPS) is 5.33. The number of rotatable bonds is 1. The van der Waals surface area contributed by atoms with Gasteiger partial charge in [-0.25, -0.2) is 0 Å². The highest BCUT2D eigenvalue weighted by atomic mass is 16.0. The Morgan fingerprint density at radius 1 is 0.667 bits per heavy atom. The molecule has 62 valence electrons. The Hall–Kier alpha value is -0.0800.